The second kappa shape index (κ2) is 8.72. The second-order valence-corrected chi connectivity index (χ2v) is 9.41. The molecule has 0 fully saturated rings. The maximum atomic E-state index is 12.8. The second-order valence-electron chi connectivity index (χ2n) is 8.16. The molecular formula is C26H20IN7O. The van der Waals surface area contributed by atoms with Crippen molar-refractivity contribution in [3.63, 3.8) is 0 Å². The largest absolute Gasteiger partial charge is 0.313 e. The predicted octanol–water partition coefficient (Wildman–Crippen LogP) is 2.96. The maximum Gasteiger partial charge on any atom is 0.252 e. The fourth-order valence-electron chi connectivity index (χ4n) is 4.24. The van der Waals surface area contributed by atoms with Crippen LogP contribution in [-0.2, 0) is 19.6 Å². The van der Waals surface area contributed by atoms with Gasteiger partial charge in [0.25, 0.3) is 5.56 Å². The number of fused-ring (bicyclic) bond motifs is 1. The lowest BCUT2D eigenvalue weighted by atomic mass is 9.81. The van der Waals surface area contributed by atoms with Crippen LogP contribution in [-0.4, -0.2) is 29.5 Å². The van der Waals surface area contributed by atoms with Gasteiger partial charge in [-0.2, -0.15) is 0 Å². The van der Waals surface area contributed by atoms with Crippen molar-refractivity contribution in [1.82, 2.24) is 29.5 Å². The normalized spacial score (nSPS) is 12.9. The van der Waals surface area contributed by atoms with Crippen molar-refractivity contribution in [2.45, 2.75) is 5.54 Å². The van der Waals surface area contributed by atoms with Crippen molar-refractivity contribution in [2.24, 2.45) is 19.8 Å². The highest BCUT2D eigenvalue weighted by molar-refractivity contribution is 14.1. The van der Waals surface area contributed by atoms with Gasteiger partial charge in [0, 0.05) is 46.4 Å². The molecule has 0 radical (unpaired) electrons. The van der Waals surface area contributed by atoms with E-state index in [1.165, 1.54) is 4.57 Å². The highest BCUT2D eigenvalue weighted by atomic mass is 127. The molecule has 4 heterocycles. The summed E-state index contributed by atoms with van der Waals surface area (Å²) < 4.78 is 4.25. The average Bonchev–Trinajstić information content (AvgIpc) is 3.32. The van der Waals surface area contributed by atoms with Crippen LogP contribution in [0.5, 0.6) is 0 Å². The quantitative estimate of drug-likeness (QED) is 0.262. The number of hydrogen-bond acceptors (Lipinski definition) is 6. The molecule has 0 aliphatic rings. The lowest BCUT2D eigenvalue weighted by Crippen LogP contribution is -2.41. The molecule has 5 rings (SSSR count). The third-order valence-electron chi connectivity index (χ3n) is 6.12. The molecule has 0 saturated carbocycles. The molecule has 1 atom stereocenters. The van der Waals surface area contributed by atoms with E-state index in [9.17, 15) is 4.79 Å². The fraction of sp³-hybridized carbons (Fsp3) is 0.115. The number of nitrogens with zero attached hydrogens (tertiary/aromatic N) is 6. The lowest BCUT2D eigenvalue weighted by molar-refractivity contribution is 0.562. The monoisotopic (exact) mass is 573 g/mol. The number of aromatic nitrogens is 6. The standard InChI is InChI=1S/C26H20IN7O/c1-4-19-6-5-7-22(31-19)20-13-24(35)33(2)25-21(20)12-17(14-29-25)26(28,23-15-30-32-34(23)3)16-8-10-18(27)11-9-16/h1,5-15H,28H2,2-3H3/t26-/m1/s1. The first-order valence-electron chi connectivity index (χ1n) is 10.7. The predicted molar refractivity (Wildman–Crippen MR) is 142 cm³/mol. The molecule has 0 aliphatic heterocycles. The van der Waals surface area contributed by atoms with Crippen LogP contribution in [0.25, 0.3) is 22.3 Å². The van der Waals surface area contributed by atoms with Gasteiger partial charge in [-0.25, -0.2) is 14.6 Å². The van der Waals surface area contributed by atoms with Gasteiger partial charge in [-0.1, -0.05) is 29.3 Å². The number of halogens is 1. The van der Waals surface area contributed by atoms with Gasteiger partial charge in [0.05, 0.1) is 17.6 Å². The van der Waals surface area contributed by atoms with Crippen LogP contribution in [0.15, 0.2) is 71.8 Å². The molecule has 0 spiro atoms. The van der Waals surface area contributed by atoms with Crippen molar-refractivity contribution in [3.8, 4) is 23.6 Å². The summed E-state index contributed by atoms with van der Waals surface area (Å²) in [6.07, 6.45) is 8.92. The van der Waals surface area contributed by atoms with E-state index in [0.717, 1.165) is 14.5 Å². The number of terminal acetylenes is 1. The molecule has 8 nitrogen and oxygen atoms in total. The van der Waals surface area contributed by atoms with E-state index in [4.69, 9.17) is 12.2 Å². The Morgan fingerprint density at radius 2 is 1.83 bits per heavy atom. The summed E-state index contributed by atoms with van der Waals surface area (Å²) in [7, 11) is 3.49. The Morgan fingerprint density at radius 3 is 2.51 bits per heavy atom. The lowest BCUT2D eigenvalue weighted by Gasteiger charge is -2.30. The molecule has 5 aromatic rings. The van der Waals surface area contributed by atoms with Gasteiger partial charge in [0.2, 0.25) is 0 Å². The zero-order valence-electron chi connectivity index (χ0n) is 19.0. The molecule has 0 bridgehead atoms. The molecule has 4 aromatic heterocycles. The number of pyridine rings is 3. The highest BCUT2D eigenvalue weighted by Gasteiger charge is 2.36. The number of nitrogens with two attached hydrogens (primary N) is 1. The number of aryl methyl sites for hydroxylation is 2. The van der Waals surface area contributed by atoms with Gasteiger partial charge < -0.3 is 5.73 Å². The summed E-state index contributed by atoms with van der Waals surface area (Å²) in [5.74, 6) is 2.55. The van der Waals surface area contributed by atoms with E-state index in [2.05, 4.69) is 48.8 Å². The number of benzene rings is 1. The highest BCUT2D eigenvalue weighted by Crippen LogP contribution is 2.36. The first kappa shape index (κ1) is 22.9. The summed E-state index contributed by atoms with van der Waals surface area (Å²) in [6, 6.07) is 16.8. The van der Waals surface area contributed by atoms with Gasteiger partial charge >= 0.3 is 0 Å². The summed E-state index contributed by atoms with van der Waals surface area (Å²) in [4.78, 5) is 22.0. The molecule has 35 heavy (non-hydrogen) atoms. The van der Waals surface area contributed by atoms with E-state index < -0.39 is 5.54 Å². The van der Waals surface area contributed by atoms with E-state index >= 15 is 0 Å². The summed E-state index contributed by atoms with van der Waals surface area (Å²) in [6.45, 7) is 0. The van der Waals surface area contributed by atoms with Crippen molar-refractivity contribution < 1.29 is 0 Å². The topological polar surface area (TPSA) is 105 Å². The van der Waals surface area contributed by atoms with Gasteiger partial charge in [-0.15, -0.1) is 11.5 Å². The smallest absolute Gasteiger partial charge is 0.252 e. The SMILES string of the molecule is C#Cc1cccc(-c2cc(=O)n(C)c3ncc([C@](N)(c4ccc(I)cc4)c4cnnn4C)cc23)n1. The summed E-state index contributed by atoms with van der Waals surface area (Å²) in [5.41, 5.74) is 10.3. The molecule has 0 unspecified atom stereocenters. The van der Waals surface area contributed by atoms with Crippen LogP contribution in [0.2, 0.25) is 0 Å². The van der Waals surface area contributed by atoms with Gasteiger partial charge in [0.15, 0.2) is 0 Å². The Hall–Kier alpha value is -3.88. The summed E-state index contributed by atoms with van der Waals surface area (Å²) >= 11 is 2.26. The van der Waals surface area contributed by atoms with Gasteiger partial charge in [-0.3, -0.25) is 9.36 Å². The Kier molecular flexibility index (Phi) is 5.70. The minimum absolute atomic E-state index is 0.201. The van der Waals surface area contributed by atoms with Crippen LogP contribution in [0.1, 0.15) is 22.5 Å². The average molecular weight is 573 g/mol. The van der Waals surface area contributed by atoms with E-state index in [0.29, 0.717) is 33.9 Å². The summed E-state index contributed by atoms with van der Waals surface area (Å²) in [5, 5.41) is 8.90. The van der Waals surface area contributed by atoms with E-state index in [-0.39, 0.29) is 5.56 Å². The first-order valence-corrected chi connectivity index (χ1v) is 11.7. The number of hydrogen-bond donors (Lipinski definition) is 1. The maximum absolute atomic E-state index is 12.8. The minimum atomic E-state index is -1.11. The zero-order valence-corrected chi connectivity index (χ0v) is 21.1. The molecule has 0 aliphatic carbocycles. The molecule has 2 N–H and O–H groups in total. The third kappa shape index (κ3) is 3.80. The van der Waals surface area contributed by atoms with Crippen molar-refractivity contribution in [3.05, 3.63) is 103 Å². The zero-order chi connectivity index (χ0) is 24.7. The van der Waals surface area contributed by atoms with E-state index in [1.807, 2.05) is 42.5 Å². The first-order chi connectivity index (χ1) is 16.8. The number of rotatable bonds is 4. The molecule has 0 amide bonds. The molecule has 9 heteroatoms. The Labute approximate surface area is 215 Å². The third-order valence-corrected chi connectivity index (χ3v) is 6.84. The van der Waals surface area contributed by atoms with Crippen molar-refractivity contribution in [1.29, 1.82) is 0 Å². The molecule has 0 saturated heterocycles. The van der Waals surface area contributed by atoms with Crippen molar-refractivity contribution in [2.75, 3.05) is 0 Å². The van der Waals surface area contributed by atoms with Crippen LogP contribution >= 0.6 is 22.6 Å². The van der Waals surface area contributed by atoms with E-state index in [1.54, 1.807) is 43.3 Å². The molecular weight excluding hydrogens is 553 g/mol. The molecule has 172 valence electrons. The fourth-order valence-corrected chi connectivity index (χ4v) is 4.60. The Morgan fingerprint density at radius 1 is 1.06 bits per heavy atom. The Bertz CT molecular complexity index is 1680. The van der Waals surface area contributed by atoms with Crippen LogP contribution in [0.4, 0.5) is 0 Å². The van der Waals surface area contributed by atoms with Crippen molar-refractivity contribution >= 4 is 33.6 Å². The van der Waals surface area contributed by atoms with Gasteiger partial charge in [0.1, 0.15) is 16.9 Å². The van der Waals surface area contributed by atoms with Crippen LogP contribution in [0, 0.1) is 15.9 Å². The van der Waals surface area contributed by atoms with Crippen LogP contribution in [0.3, 0.4) is 0 Å². The van der Waals surface area contributed by atoms with Gasteiger partial charge in [-0.05, 0) is 58.5 Å². The molecule has 1 aromatic carbocycles. The van der Waals surface area contributed by atoms with Crippen LogP contribution < -0.4 is 11.3 Å². The minimum Gasteiger partial charge on any atom is -0.313 e. The Balaban J connectivity index is 1.84.